The molecular formula is C12H7ClF9NO2. The minimum Gasteiger partial charge on any atom is -0.495 e. The van der Waals surface area contributed by atoms with E-state index >= 15 is 0 Å². The number of nitrogens with one attached hydrogen (secondary N) is 1. The first-order chi connectivity index (χ1) is 11.1. The van der Waals surface area contributed by atoms with Crippen LogP contribution < -0.4 is 10.1 Å². The number of alkyl halides is 10. The van der Waals surface area contributed by atoms with E-state index in [1.54, 1.807) is 0 Å². The number of amides is 1. The number of carbonyl (C=O) groups excluding carboxylic acids is 1. The molecule has 0 fully saturated rings. The summed E-state index contributed by atoms with van der Waals surface area (Å²) < 4.78 is 118. The topological polar surface area (TPSA) is 38.3 Å². The van der Waals surface area contributed by atoms with Crippen molar-refractivity contribution in [1.29, 1.82) is 0 Å². The van der Waals surface area contributed by atoms with Gasteiger partial charge in [0.15, 0.2) is 0 Å². The number of benzene rings is 1. The SMILES string of the molecule is COc1ccc(C(F)(F)F)cc1NC(=O)C(Cl)(C(F)(F)F)C(F)(F)F. The van der Waals surface area contributed by atoms with Crippen LogP contribution >= 0.6 is 11.6 Å². The predicted octanol–water partition coefficient (Wildman–Crippen LogP) is 4.75. The fourth-order valence-electron chi connectivity index (χ4n) is 1.61. The Morgan fingerprint density at radius 3 is 1.84 bits per heavy atom. The maximum absolute atomic E-state index is 12.7. The minimum atomic E-state index is -6.27. The van der Waals surface area contributed by atoms with Crippen molar-refractivity contribution in [3.05, 3.63) is 23.8 Å². The van der Waals surface area contributed by atoms with E-state index in [4.69, 9.17) is 0 Å². The van der Waals surface area contributed by atoms with E-state index in [1.165, 1.54) is 0 Å². The highest BCUT2D eigenvalue weighted by Crippen LogP contribution is 2.49. The maximum Gasteiger partial charge on any atom is 0.425 e. The Morgan fingerprint density at radius 2 is 1.48 bits per heavy atom. The van der Waals surface area contributed by atoms with E-state index in [0.717, 1.165) is 12.4 Å². The molecule has 0 heterocycles. The zero-order valence-electron chi connectivity index (χ0n) is 11.8. The van der Waals surface area contributed by atoms with Gasteiger partial charge in [-0.05, 0) is 18.2 Å². The molecule has 0 saturated heterocycles. The smallest absolute Gasteiger partial charge is 0.425 e. The summed E-state index contributed by atoms with van der Waals surface area (Å²) in [5, 5.41) is 1.09. The van der Waals surface area contributed by atoms with Crippen LogP contribution in [0.25, 0.3) is 0 Å². The average Bonchev–Trinajstić information content (AvgIpc) is 2.42. The molecule has 0 saturated carbocycles. The molecule has 142 valence electrons. The van der Waals surface area contributed by atoms with Crippen molar-refractivity contribution in [2.75, 3.05) is 12.4 Å². The van der Waals surface area contributed by atoms with Gasteiger partial charge in [0.2, 0.25) is 0 Å². The van der Waals surface area contributed by atoms with Crippen molar-refractivity contribution < 1.29 is 49.0 Å². The molecule has 0 radical (unpaired) electrons. The monoisotopic (exact) mass is 403 g/mol. The third-order valence-corrected chi connectivity index (χ3v) is 3.47. The zero-order chi connectivity index (χ0) is 19.8. The molecule has 3 nitrogen and oxygen atoms in total. The summed E-state index contributed by atoms with van der Waals surface area (Å²) in [4.78, 5) is 6.18. The van der Waals surface area contributed by atoms with Crippen LogP contribution in [0.5, 0.6) is 5.75 Å². The van der Waals surface area contributed by atoms with E-state index in [1.807, 2.05) is 0 Å². The van der Waals surface area contributed by atoms with Crippen LogP contribution in [0.1, 0.15) is 5.56 Å². The number of anilines is 1. The molecule has 0 aliphatic rings. The van der Waals surface area contributed by atoms with Crippen LogP contribution in [0.15, 0.2) is 18.2 Å². The molecule has 0 aliphatic heterocycles. The molecular weight excluding hydrogens is 397 g/mol. The molecule has 1 N–H and O–H groups in total. The molecule has 0 unspecified atom stereocenters. The summed E-state index contributed by atoms with van der Waals surface area (Å²) in [6.07, 6.45) is -17.5. The molecule has 0 bridgehead atoms. The maximum atomic E-state index is 12.7. The lowest BCUT2D eigenvalue weighted by atomic mass is 10.1. The van der Waals surface area contributed by atoms with Gasteiger partial charge < -0.3 is 10.1 Å². The Hall–Kier alpha value is -1.85. The third-order valence-electron chi connectivity index (χ3n) is 2.87. The fourth-order valence-corrected chi connectivity index (χ4v) is 1.66. The first-order valence-electron chi connectivity index (χ1n) is 5.94. The van der Waals surface area contributed by atoms with Crippen LogP contribution in [0, 0.1) is 0 Å². The van der Waals surface area contributed by atoms with Gasteiger partial charge in [0.1, 0.15) is 5.75 Å². The van der Waals surface area contributed by atoms with Crippen LogP contribution in [-0.4, -0.2) is 30.2 Å². The van der Waals surface area contributed by atoms with Gasteiger partial charge in [-0.15, -0.1) is 0 Å². The van der Waals surface area contributed by atoms with Crippen LogP contribution in [0.4, 0.5) is 45.2 Å². The van der Waals surface area contributed by atoms with E-state index in [2.05, 4.69) is 16.3 Å². The number of hydrogen-bond donors (Lipinski definition) is 1. The van der Waals surface area contributed by atoms with Gasteiger partial charge in [0.05, 0.1) is 18.4 Å². The molecule has 1 rings (SSSR count). The van der Waals surface area contributed by atoms with Gasteiger partial charge in [-0.25, -0.2) is 0 Å². The van der Waals surface area contributed by atoms with E-state index in [0.29, 0.717) is 12.1 Å². The van der Waals surface area contributed by atoms with Crippen molar-refractivity contribution in [2.45, 2.75) is 23.4 Å². The van der Waals surface area contributed by atoms with E-state index in [-0.39, 0.29) is 6.07 Å². The first kappa shape index (κ1) is 21.2. The van der Waals surface area contributed by atoms with Gasteiger partial charge in [-0.3, -0.25) is 4.79 Å². The summed E-state index contributed by atoms with van der Waals surface area (Å²) in [5.41, 5.74) is -2.51. The molecule has 13 heteroatoms. The summed E-state index contributed by atoms with van der Waals surface area (Å²) >= 11 is 4.49. The highest BCUT2D eigenvalue weighted by atomic mass is 35.5. The molecule has 0 aliphatic carbocycles. The summed E-state index contributed by atoms with van der Waals surface area (Å²) in [7, 11) is 0.875. The average molecular weight is 404 g/mol. The molecule has 0 atom stereocenters. The van der Waals surface area contributed by atoms with Crippen molar-refractivity contribution >= 4 is 23.2 Å². The van der Waals surface area contributed by atoms with E-state index < -0.39 is 46.3 Å². The Kier molecular flexibility index (Phi) is 5.48. The quantitative estimate of drug-likeness (QED) is 0.584. The van der Waals surface area contributed by atoms with Crippen LogP contribution in [-0.2, 0) is 11.0 Å². The molecule has 1 amide bonds. The second-order valence-corrected chi connectivity index (χ2v) is 5.09. The van der Waals surface area contributed by atoms with Gasteiger partial charge in [0.25, 0.3) is 5.91 Å². The summed E-state index contributed by atoms with van der Waals surface area (Å²) in [6, 6.07) is 1.17. The van der Waals surface area contributed by atoms with Crippen molar-refractivity contribution in [1.82, 2.24) is 0 Å². The van der Waals surface area contributed by atoms with Crippen LogP contribution in [0.2, 0.25) is 0 Å². The predicted molar refractivity (Wildman–Crippen MR) is 67.3 cm³/mol. The largest absolute Gasteiger partial charge is 0.495 e. The highest BCUT2D eigenvalue weighted by Gasteiger charge is 2.75. The minimum absolute atomic E-state index is 0.112. The number of hydrogen-bond acceptors (Lipinski definition) is 2. The number of halogens is 10. The second-order valence-electron chi connectivity index (χ2n) is 4.52. The Balaban J connectivity index is 3.39. The number of methoxy groups -OCH3 is 1. The summed E-state index contributed by atoms with van der Waals surface area (Å²) in [5.74, 6) is -3.43. The lowest BCUT2D eigenvalue weighted by Gasteiger charge is -2.30. The molecule has 1 aromatic rings. The van der Waals surface area contributed by atoms with E-state index in [9.17, 15) is 44.3 Å². The lowest BCUT2D eigenvalue weighted by molar-refractivity contribution is -0.258. The van der Waals surface area contributed by atoms with Crippen molar-refractivity contribution in [3.63, 3.8) is 0 Å². The zero-order valence-corrected chi connectivity index (χ0v) is 12.6. The summed E-state index contributed by atoms with van der Waals surface area (Å²) in [6.45, 7) is 0. The van der Waals surface area contributed by atoms with Crippen molar-refractivity contribution in [3.8, 4) is 5.75 Å². The third kappa shape index (κ3) is 4.05. The van der Waals surface area contributed by atoms with Crippen LogP contribution in [0.3, 0.4) is 0 Å². The molecule has 0 spiro atoms. The molecule has 0 aromatic heterocycles. The normalized spacial score (nSPS) is 13.6. The lowest BCUT2D eigenvalue weighted by Crippen LogP contribution is -2.60. The number of rotatable bonds is 3. The number of ether oxygens (including phenoxy) is 1. The first-order valence-corrected chi connectivity index (χ1v) is 6.32. The standard InChI is InChI=1S/C12H7ClF9NO2/c1-25-7-3-2-5(10(14,15)16)4-6(7)23-8(24)9(13,11(17,18)19)12(20,21)22/h2-4H,1H3,(H,23,24). The Morgan fingerprint density at radius 1 is 1.00 bits per heavy atom. The Labute approximate surface area is 138 Å². The number of carbonyl (C=O) groups is 1. The molecule has 25 heavy (non-hydrogen) atoms. The van der Waals surface area contributed by atoms with Gasteiger partial charge in [-0.1, -0.05) is 11.6 Å². The van der Waals surface area contributed by atoms with Gasteiger partial charge >= 0.3 is 23.4 Å². The Bertz CT molecular complexity index is 637. The molecule has 1 aromatic carbocycles. The second kappa shape index (κ2) is 6.46. The highest BCUT2D eigenvalue weighted by molar-refractivity contribution is 6.38. The van der Waals surface area contributed by atoms with Crippen molar-refractivity contribution in [2.24, 2.45) is 0 Å². The van der Waals surface area contributed by atoms with Gasteiger partial charge in [0, 0.05) is 0 Å². The fraction of sp³-hybridized carbons (Fsp3) is 0.417. The van der Waals surface area contributed by atoms with Gasteiger partial charge in [-0.2, -0.15) is 39.5 Å².